The Labute approximate surface area is 163 Å². The summed E-state index contributed by atoms with van der Waals surface area (Å²) in [7, 11) is 0. The van der Waals surface area contributed by atoms with E-state index in [1.807, 2.05) is 13.8 Å². The van der Waals surface area contributed by atoms with Crippen LogP contribution in [0.3, 0.4) is 0 Å². The van der Waals surface area contributed by atoms with Crippen molar-refractivity contribution in [3.8, 4) is 5.88 Å². The maximum Gasteiger partial charge on any atom is 0.439 e. The van der Waals surface area contributed by atoms with Crippen LogP contribution in [0, 0.1) is 5.92 Å². The number of H-pyrrole nitrogens is 1. The number of fused-ring (bicyclic) bond motifs is 1. The van der Waals surface area contributed by atoms with E-state index in [1.54, 1.807) is 6.08 Å². The number of amides is 1. The van der Waals surface area contributed by atoms with Crippen LogP contribution in [-0.4, -0.2) is 41.4 Å². The quantitative estimate of drug-likeness (QED) is 0.549. The zero-order valence-corrected chi connectivity index (χ0v) is 15.9. The van der Waals surface area contributed by atoms with Crippen LogP contribution in [0.25, 0.3) is 17.8 Å². The van der Waals surface area contributed by atoms with Crippen molar-refractivity contribution in [2.45, 2.75) is 39.3 Å². The maximum atomic E-state index is 13.1. The van der Waals surface area contributed by atoms with Gasteiger partial charge in [-0.1, -0.05) is 19.0 Å². The summed E-state index contributed by atoms with van der Waals surface area (Å²) in [5, 5.41) is 21.0. The Balaban J connectivity index is 1.87. The summed E-state index contributed by atoms with van der Waals surface area (Å²) in [6.45, 7) is 4.19. The minimum Gasteiger partial charge on any atom is -0.492 e. The Hall–Kier alpha value is -3.63. The van der Waals surface area contributed by atoms with Gasteiger partial charge in [-0.15, -0.1) is 0 Å². The number of carbonyl (C=O) groups excluding carboxylic acids is 1. The maximum absolute atomic E-state index is 13.1. The average molecular weight is 400 g/mol. The standard InChI is InChI=1S/C18H20N6O5/c1-9(2)8-23-15-10(3-6-12-21-18(28)29-22-12)7-19-24(15)17(27)13(16(23)26)14(25)20-11-4-5-11/h3,6-7,9,11,27H,4-5,8H2,1-2H3,(H,20,25)(H,21,22,28)/b6-3+. The van der Waals surface area contributed by atoms with E-state index in [4.69, 9.17) is 0 Å². The molecule has 0 aliphatic heterocycles. The van der Waals surface area contributed by atoms with Gasteiger partial charge in [0.1, 0.15) is 5.65 Å². The molecule has 0 spiro atoms. The zero-order chi connectivity index (χ0) is 20.7. The molecule has 3 aromatic rings. The molecule has 1 saturated carbocycles. The van der Waals surface area contributed by atoms with Crippen molar-refractivity contribution in [3.05, 3.63) is 44.1 Å². The van der Waals surface area contributed by atoms with Gasteiger partial charge in [0, 0.05) is 18.2 Å². The van der Waals surface area contributed by atoms with Gasteiger partial charge in [0.15, 0.2) is 11.4 Å². The number of aromatic amines is 1. The second-order valence-electron chi connectivity index (χ2n) is 7.40. The summed E-state index contributed by atoms with van der Waals surface area (Å²) < 4.78 is 7.03. The van der Waals surface area contributed by atoms with E-state index in [9.17, 15) is 19.5 Å². The minimum absolute atomic E-state index is 0.0382. The molecule has 11 heteroatoms. The highest BCUT2D eigenvalue weighted by Gasteiger charge is 2.29. The highest BCUT2D eigenvalue weighted by molar-refractivity contribution is 5.96. The van der Waals surface area contributed by atoms with Crippen LogP contribution < -0.4 is 16.6 Å². The van der Waals surface area contributed by atoms with E-state index in [0.717, 1.165) is 17.4 Å². The molecule has 0 bridgehead atoms. The molecule has 0 atom stereocenters. The van der Waals surface area contributed by atoms with E-state index in [-0.39, 0.29) is 23.3 Å². The van der Waals surface area contributed by atoms with Gasteiger partial charge in [-0.3, -0.25) is 23.7 Å². The molecule has 3 aromatic heterocycles. The van der Waals surface area contributed by atoms with E-state index < -0.39 is 23.1 Å². The lowest BCUT2D eigenvalue weighted by Gasteiger charge is -2.15. The van der Waals surface area contributed by atoms with Gasteiger partial charge in [0.2, 0.25) is 5.88 Å². The van der Waals surface area contributed by atoms with Gasteiger partial charge in [-0.25, -0.2) is 4.79 Å². The first-order chi connectivity index (χ1) is 13.8. The summed E-state index contributed by atoms with van der Waals surface area (Å²) in [5.74, 6) is -1.53. The van der Waals surface area contributed by atoms with Crippen LogP contribution in [0.15, 0.2) is 20.3 Å². The predicted octanol–water partition coefficient (Wildman–Crippen LogP) is 0.596. The van der Waals surface area contributed by atoms with Crippen LogP contribution in [0.2, 0.25) is 0 Å². The fourth-order valence-electron chi connectivity index (χ4n) is 3.03. The van der Waals surface area contributed by atoms with Crippen LogP contribution in [0.5, 0.6) is 5.88 Å². The fourth-order valence-corrected chi connectivity index (χ4v) is 3.03. The van der Waals surface area contributed by atoms with Crippen LogP contribution >= 0.6 is 0 Å². The highest BCUT2D eigenvalue weighted by atomic mass is 16.5. The number of nitrogens with one attached hydrogen (secondary N) is 2. The first-order valence-electron chi connectivity index (χ1n) is 9.23. The second-order valence-corrected chi connectivity index (χ2v) is 7.40. The lowest BCUT2D eigenvalue weighted by atomic mass is 10.2. The Morgan fingerprint density at radius 2 is 2.17 bits per heavy atom. The topological polar surface area (TPSA) is 148 Å². The molecule has 1 aliphatic rings. The monoisotopic (exact) mass is 400 g/mol. The van der Waals surface area contributed by atoms with Crippen molar-refractivity contribution in [1.29, 1.82) is 0 Å². The van der Waals surface area contributed by atoms with Crippen molar-refractivity contribution >= 4 is 23.7 Å². The van der Waals surface area contributed by atoms with Gasteiger partial charge in [0.05, 0.1) is 6.20 Å². The third-order valence-corrected chi connectivity index (χ3v) is 4.48. The molecular weight excluding hydrogens is 380 g/mol. The Morgan fingerprint density at radius 3 is 2.79 bits per heavy atom. The van der Waals surface area contributed by atoms with E-state index in [2.05, 4.69) is 25.1 Å². The summed E-state index contributed by atoms with van der Waals surface area (Å²) in [4.78, 5) is 39.1. The number of nitrogens with zero attached hydrogens (tertiary/aromatic N) is 4. The number of carbonyl (C=O) groups is 1. The largest absolute Gasteiger partial charge is 0.492 e. The molecule has 1 amide bonds. The second kappa shape index (κ2) is 7.08. The Bertz CT molecular complexity index is 1220. The molecule has 1 aliphatic carbocycles. The Morgan fingerprint density at radius 1 is 1.41 bits per heavy atom. The SMILES string of the molecule is CC(C)Cn1c(=O)c(C(=O)NC2CC2)c(O)n2ncc(/C=C/c3noc(=O)[nH]3)c12. The van der Waals surface area contributed by atoms with E-state index in [0.29, 0.717) is 17.8 Å². The third-order valence-electron chi connectivity index (χ3n) is 4.48. The molecule has 1 fully saturated rings. The van der Waals surface area contributed by atoms with Crippen LogP contribution in [0.4, 0.5) is 0 Å². The van der Waals surface area contributed by atoms with Gasteiger partial charge < -0.3 is 10.4 Å². The third kappa shape index (κ3) is 3.58. The molecule has 0 unspecified atom stereocenters. The Kier molecular flexibility index (Phi) is 4.57. The highest BCUT2D eigenvalue weighted by Crippen LogP contribution is 2.23. The molecule has 11 nitrogen and oxygen atoms in total. The molecule has 3 heterocycles. The smallest absolute Gasteiger partial charge is 0.439 e. The number of aromatic hydroxyl groups is 1. The van der Waals surface area contributed by atoms with Crippen molar-refractivity contribution in [3.63, 3.8) is 0 Å². The number of rotatable bonds is 6. The van der Waals surface area contributed by atoms with Crippen LogP contribution in [0.1, 0.15) is 48.4 Å². The summed E-state index contributed by atoms with van der Waals surface area (Å²) >= 11 is 0. The molecular formula is C18H20N6O5. The minimum atomic E-state index is -0.690. The normalized spacial score (nSPS) is 14.3. The molecule has 3 N–H and O–H groups in total. The summed E-state index contributed by atoms with van der Waals surface area (Å²) in [6, 6.07) is 0.0382. The molecule has 29 heavy (non-hydrogen) atoms. The fraction of sp³-hybridized carbons (Fsp3) is 0.389. The molecule has 0 aromatic carbocycles. The van der Waals surface area contributed by atoms with Crippen molar-refractivity contribution < 1.29 is 14.4 Å². The lowest BCUT2D eigenvalue weighted by molar-refractivity contribution is 0.0944. The number of hydrogen-bond acceptors (Lipinski definition) is 7. The molecule has 152 valence electrons. The summed E-state index contributed by atoms with van der Waals surface area (Å²) in [5.41, 5.74) is -0.0985. The lowest BCUT2D eigenvalue weighted by Crippen LogP contribution is -2.36. The van der Waals surface area contributed by atoms with E-state index in [1.165, 1.54) is 16.8 Å². The van der Waals surface area contributed by atoms with Gasteiger partial charge in [-0.05, 0) is 30.9 Å². The molecule has 0 saturated heterocycles. The van der Waals surface area contributed by atoms with Crippen LogP contribution in [-0.2, 0) is 6.54 Å². The van der Waals surface area contributed by atoms with E-state index >= 15 is 0 Å². The predicted molar refractivity (Wildman–Crippen MR) is 102 cm³/mol. The number of aromatic nitrogens is 5. The average Bonchev–Trinajstić information content (AvgIpc) is 3.20. The van der Waals surface area contributed by atoms with Gasteiger partial charge >= 0.3 is 5.76 Å². The van der Waals surface area contributed by atoms with Gasteiger partial charge in [-0.2, -0.15) is 9.61 Å². The van der Waals surface area contributed by atoms with Crippen molar-refractivity contribution in [1.82, 2.24) is 29.6 Å². The number of hydrogen-bond donors (Lipinski definition) is 3. The first-order valence-corrected chi connectivity index (χ1v) is 9.23. The summed E-state index contributed by atoms with van der Waals surface area (Å²) in [6.07, 6.45) is 6.22. The van der Waals surface area contributed by atoms with Gasteiger partial charge in [0.25, 0.3) is 11.5 Å². The van der Waals surface area contributed by atoms with Crippen molar-refractivity contribution in [2.75, 3.05) is 0 Å². The van der Waals surface area contributed by atoms with Crippen molar-refractivity contribution in [2.24, 2.45) is 5.92 Å². The first kappa shape index (κ1) is 18.7. The molecule has 4 rings (SSSR count). The molecule has 0 radical (unpaired) electrons. The zero-order valence-electron chi connectivity index (χ0n) is 15.9.